The van der Waals surface area contributed by atoms with Crippen molar-refractivity contribution in [1.82, 2.24) is 0 Å². The van der Waals surface area contributed by atoms with E-state index in [0.717, 1.165) is 0 Å². The number of hydrogen-bond donors (Lipinski definition) is 0. The monoisotopic (exact) mass is 169 g/mol. The van der Waals surface area contributed by atoms with Crippen molar-refractivity contribution in [2.75, 3.05) is 6.61 Å². The van der Waals surface area contributed by atoms with Crippen molar-refractivity contribution in [2.24, 2.45) is 0 Å². The molecule has 4 heteroatoms. The number of halogens is 1. The van der Waals surface area contributed by atoms with Crippen LogP contribution in [0.4, 0.5) is 0 Å². The summed E-state index contributed by atoms with van der Waals surface area (Å²) >= 11 is 5.59. The maximum atomic E-state index is 10.8. The first kappa shape index (κ1) is 9.35. The fourth-order valence-electron chi connectivity index (χ4n) is 0.357. The van der Waals surface area contributed by atoms with E-state index in [9.17, 15) is 4.57 Å². The molecule has 2 atom stereocenters. The maximum Gasteiger partial charge on any atom is 0.527 e. The molecule has 9 heavy (non-hydrogen) atoms. The van der Waals surface area contributed by atoms with E-state index in [0.29, 0.717) is 13.0 Å². The van der Waals surface area contributed by atoms with Crippen molar-refractivity contribution >= 4 is 19.6 Å². The third-order valence-corrected chi connectivity index (χ3v) is 2.94. The summed E-state index contributed by atoms with van der Waals surface area (Å²) in [7, 11) is -1.63. The normalized spacial score (nSPS) is 15.2. The van der Waals surface area contributed by atoms with E-state index in [-0.39, 0.29) is 5.12 Å². The summed E-state index contributed by atoms with van der Waals surface area (Å²) in [5.41, 5.74) is 0. The summed E-state index contributed by atoms with van der Waals surface area (Å²) in [6.45, 7) is 4.15. The molecule has 0 saturated heterocycles. The summed E-state index contributed by atoms with van der Waals surface area (Å²) in [4.78, 5) is 0. The Morgan fingerprint density at radius 3 is 2.56 bits per heavy atom. The zero-order valence-corrected chi connectivity index (χ0v) is 7.28. The fraction of sp³-hybridized carbons (Fsp3) is 1.00. The lowest BCUT2D eigenvalue weighted by atomic mass is 10.6. The summed E-state index contributed by atoms with van der Waals surface area (Å²) in [5.74, 6) is 0. The van der Waals surface area contributed by atoms with Crippen LogP contribution in [0.25, 0.3) is 0 Å². The molecular formula is C5H11ClO2P+. The Morgan fingerprint density at radius 1 is 1.67 bits per heavy atom. The summed E-state index contributed by atoms with van der Waals surface area (Å²) in [6.07, 6.45) is 0.691. The minimum Gasteiger partial charge on any atom is -0.145 e. The molecule has 0 aliphatic rings. The first-order valence-electron chi connectivity index (χ1n) is 2.95. The van der Waals surface area contributed by atoms with Gasteiger partial charge in [0.05, 0.1) is 6.61 Å². The van der Waals surface area contributed by atoms with Gasteiger partial charge in [0.2, 0.25) is 0 Å². The highest BCUT2D eigenvalue weighted by Crippen LogP contribution is 2.33. The van der Waals surface area contributed by atoms with Gasteiger partial charge in [-0.25, -0.2) is 0 Å². The number of hydrogen-bond acceptors (Lipinski definition) is 2. The maximum absolute atomic E-state index is 10.8. The third-order valence-electron chi connectivity index (χ3n) is 0.822. The van der Waals surface area contributed by atoms with Crippen LogP contribution >= 0.6 is 19.6 Å². The van der Waals surface area contributed by atoms with Gasteiger partial charge in [0.1, 0.15) is 0 Å². The highest BCUT2D eigenvalue weighted by Gasteiger charge is 2.27. The highest BCUT2D eigenvalue weighted by atomic mass is 35.5. The predicted octanol–water partition coefficient (Wildman–Crippen LogP) is 2.74. The molecule has 0 spiro atoms. The second-order valence-corrected chi connectivity index (χ2v) is 3.83. The first-order valence-corrected chi connectivity index (χ1v) is 4.64. The van der Waals surface area contributed by atoms with Gasteiger partial charge in [0.15, 0.2) is 0 Å². The molecule has 0 N–H and O–H groups in total. The van der Waals surface area contributed by atoms with Crippen molar-refractivity contribution < 1.29 is 9.09 Å². The smallest absolute Gasteiger partial charge is 0.145 e. The molecule has 0 bridgehead atoms. The Hall–Kier alpha value is 0.350. The van der Waals surface area contributed by atoms with Crippen LogP contribution in [0.5, 0.6) is 0 Å². The molecule has 0 heterocycles. The predicted molar refractivity (Wildman–Crippen MR) is 39.2 cm³/mol. The average molecular weight is 170 g/mol. The van der Waals surface area contributed by atoms with Crippen LogP contribution in [0.15, 0.2) is 0 Å². The van der Waals surface area contributed by atoms with Crippen molar-refractivity contribution in [3.05, 3.63) is 0 Å². The van der Waals surface area contributed by atoms with E-state index >= 15 is 0 Å². The summed E-state index contributed by atoms with van der Waals surface area (Å²) in [6, 6.07) is 0. The molecule has 0 aliphatic heterocycles. The topological polar surface area (TPSA) is 26.3 Å². The van der Waals surface area contributed by atoms with E-state index in [4.69, 9.17) is 16.1 Å². The van der Waals surface area contributed by atoms with Gasteiger partial charge in [0, 0.05) is 6.42 Å². The number of rotatable bonds is 4. The molecule has 0 radical (unpaired) electrons. The van der Waals surface area contributed by atoms with Crippen LogP contribution in [-0.2, 0) is 9.09 Å². The van der Waals surface area contributed by atoms with Crippen molar-refractivity contribution in [3.8, 4) is 0 Å². The zero-order valence-electron chi connectivity index (χ0n) is 5.63. The molecular weight excluding hydrogens is 158 g/mol. The standard InChI is InChI=1S/C5H11ClO2P/c1-3-5(6)9(7)8-4-2/h5H,3-4H2,1-2H3/q+1. The summed E-state index contributed by atoms with van der Waals surface area (Å²) in [5, 5.41) is -0.319. The van der Waals surface area contributed by atoms with Gasteiger partial charge < -0.3 is 0 Å². The third kappa shape index (κ3) is 3.85. The Kier molecular flexibility index (Phi) is 5.36. The molecule has 0 amide bonds. The molecule has 0 rings (SSSR count). The fourth-order valence-corrected chi connectivity index (χ4v) is 1.24. The van der Waals surface area contributed by atoms with E-state index in [1.54, 1.807) is 6.92 Å². The lowest BCUT2D eigenvalue weighted by Gasteiger charge is -1.88. The summed E-state index contributed by atoms with van der Waals surface area (Å²) < 4.78 is 15.5. The lowest BCUT2D eigenvalue weighted by molar-refractivity contribution is 0.348. The molecule has 0 saturated carbocycles. The minimum absolute atomic E-state index is 0.319. The molecule has 0 aromatic rings. The van der Waals surface area contributed by atoms with Crippen LogP contribution in [0, 0.1) is 0 Å². The minimum atomic E-state index is -1.63. The van der Waals surface area contributed by atoms with Crippen LogP contribution < -0.4 is 0 Å². The molecule has 54 valence electrons. The Bertz CT molecular complexity index is 97.0. The molecule has 0 aromatic heterocycles. The zero-order chi connectivity index (χ0) is 7.28. The Morgan fingerprint density at radius 2 is 2.22 bits per heavy atom. The first-order chi connectivity index (χ1) is 4.22. The van der Waals surface area contributed by atoms with E-state index in [1.807, 2.05) is 6.92 Å². The van der Waals surface area contributed by atoms with Crippen LogP contribution in [0.3, 0.4) is 0 Å². The van der Waals surface area contributed by atoms with Crippen LogP contribution in [-0.4, -0.2) is 11.7 Å². The largest absolute Gasteiger partial charge is 0.527 e. The van der Waals surface area contributed by atoms with Gasteiger partial charge in [-0.1, -0.05) is 18.5 Å². The highest BCUT2D eigenvalue weighted by molar-refractivity contribution is 7.42. The van der Waals surface area contributed by atoms with E-state index in [1.165, 1.54) is 0 Å². The van der Waals surface area contributed by atoms with Gasteiger partial charge in [-0.2, -0.15) is 0 Å². The molecule has 0 aromatic carbocycles. The van der Waals surface area contributed by atoms with E-state index in [2.05, 4.69) is 0 Å². The van der Waals surface area contributed by atoms with Gasteiger partial charge in [-0.3, -0.25) is 0 Å². The molecule has 2 nitrogen and oxygen atoms in total. The molecule has 0 aliphatic carbocycles. The Labute approximate surface area is 61.4 Å². The van der Waals surface area contributed by atoms with Crippen molar-refractivity contribution in [1.29, 1.82) is 0 Å². The van der Waals surface area contributed by atoms with Gasteiger partial charge in [0.25, 0.3) is 5.12 Å². The van der Waals surface area contributed by atoms with Gasteiger partial charge in [-0.15, -0.1) is 4.52 Å². The molecule has 2 unspecified atom stereocenters. The van der Waals surface area contributed by atoms with Crippen molar-refractivity contribution in [2.45, 2.75) is 25.4 Å². The van der Waals surface area contributed by atoms with E-state index < -0.39 is 8.03 Å². The second kappa shape index (κ2) is 5.16. The Balaban J connectivity index is 3.46. The van der Waals surface area contributed by atoms with Crippen LogP contribution in [0.2, 0.25) is 0 Å². The quantitative estimate of drug-likeness (QED) is 0.478. The van der Waals surface area contributed by atoms with Gasteiger partial charge in [-0.05, 0) is 11.5 Å². The second-order valence-electron chi connectivity index (χ2n) is 1.55. The van der Waals surface area contributed by atoms with Crippen molar-refractivity contribution in [3.63, 3.8) is 0 Å². The van der Waals surface area contributed by atoms with Crippen LogP contribution in [0.1, 0.15) is 20.3 Å². The average Bonchev–Trinajstić information content (AvgIpc) is 1.87. The van der Waals surface area contributed by atoms with Gasteiger partial charge >= 0.3 is 8.03 Å². The lowest BCUT2D eigenvalue weighted by Crippen LogP contribution is -1.90. The molecule has 0 fully saturated rings. The number of alkyl halides is 1. The SMILES string of the molecule is CCO[P+](=O)C(Cl)CC.